The van der Waals surface area contributed by atoms with E-state index in [1.807, 2.05) is 55.5 Å². The van der Waals surface area contributed by atoms with Gasteiger partial charge in [0.1, 0.15) is 22.7 Å². The Bertz CT molecular complexity index is 1630. The standard InChI is InChI=1S/C40H47BrO7Si/c1-38(2,3)49(26-13-8-6-9-14-26,27-15-10-7-11-16-27)48-33-19-21-35(44)40(37(45)46-5)29(36(41)31(42)25-30(33)40)22-23-39(4)28(18-20-34(39)43)32-17-12-24-47-32/h6-17,24,28-30,33,36H,18-23,25H2,1-5H3/t28-,29+,30-,33+,36?,39-,40+/m1/s1. The van der Waals surface area contributed by atoms with Crippen molar-refractivity contribution < 1.29 is 32.8 Å². The first-order valence-electron chi connectivity index (χ1n) is 17.5. The molecule has 260 valence electrons. The van der Waals surface area contributed by atoms with Crippen LogP contribution in [0.5, 0.6) is 0 Å². The molecule has 3 fully saturated rings. The summed E-state index contributed by atoms with van der Waals surface area (Å²) in [4.78, 5) is 55.6. The maximum atomic E-state index is 14.5. The van der Waals surface area contributed by atoms with Gasteiger partial charge in [-0.05, 0) is 53.2 Å². The fourth-order valence-corrected chi connectivity index (χ4v) is 15.2. The summed E-state index contributed by atoms with van der Waals surface area (Å²) in [5, 5.41) is 1.82. The van der Waals surface area contributed by atoms with Crippen LogP contribution in [0.15, 0.2) is 83.5 Å². The Kier molecular flexibility index (Phi) is 9.85. The van der Waals surface area contributed by atoms with Gasteiger partial charge in [0.25, 0.3) is 8.32 Å². The van der Waals surface area contributed by atoms with Gasteiger partial charge in [-0.2, -0.15) is 0 Å². The number of alkyl halides is 1. The minimum atomic E-state index is -3.12. The van der Waals surface area contributed by atoms with Gasteiger partial charge in [-0.3, -0.25) is 19.2 Å². The molecule has 0 radical (unpaired) electrons. The van der Waals surface area contributed by atoms with Crippen LogP contribution in [0.4, 0.5) is 0 Å². The zero-order chi connectivity index (χ0) is 35.2. The Hall–Kier alpha value is -3.14. The lowest BCUT2D eigenvalue weighted by Gasteiger charge is -2.55. The summed E-state index contributed by atoms with van der Waals surface area (Å²) < 4.78 is 18.9. The van der Waals surface area contributed by atoms with Crippen molar-refractivity contribution in [2.75, 3.05) is 7.11 Å². The van der Waals surface area contributed by atoms with Crippen molar-refractivity contribution in [3.8, 4) is 0 Å². The van der Waals surface area contributed by atoms with E-state index in [-0.39, 0.29) is 41.1 Å². The van der Waals surface area contributed by atoms with Gasteiger partial charge >= 0.3 is 5.97 Å². The highest BCUT2D eigenvalue weighted by Gasteiger charge is 2.68. The third-order valence-electron chi connectivity index (χ3n) is 12.0. The predicted octanol–water partition coefficient (Wildman–Crippen LogP) is 6.95. The third-order valence-corrected chi connectivity index (χ3v) is 18.2. The number of hydrogen-bond donors (Lipinski definition) is 0. The van der Waals surface area contributed by atoms with Crippen molar-refractivity contribution in [2.24, 2.45) is 22.7 Å². The summed E-state index contributed by atoms with van der Waals surface area (Å²) in [7, 11) is -1.80. The molecule has 0 bridgehead atoms. The Labute approximate surface area is 298 Å². The molecule has 0 amide bonds. The zero-order valence-corrected chi connectivity index (χ0v) is 31.7. The Balaban J connectivity index is 1.45. The number of carbonyl (C=O) groups is 4. The molecular weight excluding hydrogens is 700 g/mol. The van der Waals surface area contributed by atoms with Crippen molar-refractivity contribution in [2.45, 2.75) is 94.5 Å². The molecule has 0 aliphatic heterocycles. The molecule has 6 rings (SSSR count). The third kappa shape index (κ3) is 5.74. The van der Waals surface area contributed by atoms with E-state index in [1.165, 1.54) is 7.11 Å². The molecule has 2 aromatic carbocycles. The molecule has 3 aromatic rings. The first kappa shape index (κ1) is 35.7. The highest BCUT2D eigenvalue weighted by atomic mass is 79.9. The van der Waals surface area contributed by atoms with Crippen LogP contribution in [0.25, 0.3) is 0 Å². The number of Topliss-reactive ketones (excluding diaryl/α,β-unsaturated/α-hetero) is 3. The molecule has 3 saturated carbocycles. The van der Waals surface area contributed by atoms with Gasteiger partial charge in [0.15, 0.2) is 5.78 Å². The summed E-state index contributed by atoms with van der Waals surface area (Å²) in [6.45, 7) is 8.54. The van der Waals surface area contributed by atoms with Crippen LogP contribution in [0.2, 0.25) is 5.04 Å². The van der Waals surface area contributed by atoms with Crippen LogP contribution in [0.3, 0.4) is 0 Å². The van der Waals surface area contributed by atoms with E-state index in [4.69, 9.17) is 13.6 Å². The number of ether oxygens (including phenoxy) is 1. The van der Waals surface area contributed by atoms with Crippen molar-refractivity contribution in [1.29, 1.82) is 0 Å². The summed E-state index contributed by atoms with van der Waals surface area (Å²) in [6, 6.07) is 24.3. The number of fused-ring (bicyclic) bond motifs is 1. The molecule has 7 nitrogen and oxygen atoms in total. The summed E-state index contributed by atoms with van der Waals surface area (Å²) in [5.74, 6) is -1.56. The van der Waals surface area contributed by atoms with E-state index in [2.05, 4.69) is 61.0 Å². The van der Waals surface area contributed by atoms with Crippen LogP contribution in [-0.4, -0.2) is 49.7 Å². The predicted molar refractivity (Wildman–Crippen MR) is 194 cm³/mol. The fourth-order valence-electron chi connectivity index (χ4n) is 9.55. The molecule has 3 aliphatic rings. The molecule has 1 heterocycles. The van der Waals surface area contributed by atoms with Crippen LogP contribution < -0.4 is 10.4 Å². The van der Waals surface area contributed by atoms with Gasteiger partial charge in [0.05, 0.1) is 24.3 Å². The molecule has 0 spiro atoms. The molecule has 3 aliphatic carbocycles. The van der Waals surface area contributed by atoms with E-state index in [1.54, 1.807) is 6.26 Å². The Morgan fingerprint density at radius 1 is 0.918 bits per heavy atom. The molecule has 7 atom stereocenters. The Morgan fingerprint density at radius 2 is 1.53 bits per heavy atom. The van der Waals surface area contributed by atoms with Gasteiger partial charge in [-0.15, -0.1) is 0 Å². The van der Waals surface area contributed by atoms with Crippen LogP contribution in [0, 0.1) is 22.7 Å². The minimum Gasteiger partial charge on any atom is -0.469 e. The number of esters is 1. The largest absolute Gasteiger partial charge is 0.469 e. The molecular formula is C40H47BrO7Si. The second-order valence-corrected chi connectivity index (χ2v) is 20.7. The first-order valence-corrected chi connectivity index (χ1v) is 20.3. The number of carbonyl (C=O) groups excluding carboxylic acids is 4. The molecule has 0 saturated heterocycles. The second kappa shape index (κ2) is 13.5. The topological polar surface area (TPSA) is 99.9 Å². The quantitative estimate of drug-likeness (QED) is 0.101. The van der Waals surface area contributed by atoms with Gasteiger partial charge in [0, 0.05) is 42.4 Å². The average Bonchev–Trinajstić information content (AvgIpc) is 3.72. The monoisotopic (exact) mass is 746 g/mol. The molecule has 9 heteroatoms. The van der Waals surface area contributed by atoms with Crippen molar-refractivity contribution >= 4 is 57.9 Å². The molecule has 1 aromatic heterocycles. The number of furan rings is 1. The molecule has 49 heavy (non-hydrogen) atoms. The summed E-state index contributed by atoms with van der Waals surface area (Å²) in [5.41, 5.74) is -2.37. The van der Waals surface area contributed by atoms with Gasteiger partial charge in [-0.1, -0.05) is 104 Å². The van der Waals surface area contributed by atoms with Crippen LogP contribution >= 0.6 is 15.9 Å². The van der Waals surface area contributed by atoms with Gasteiger partial charge in [-0.25, -0.2) is 0 Å². The van der Waals surface area contributed by atoms with E-state index < -0.39 is 47.9 Å². The first-order chi connectivity index (χ1) is 23.3. The van der Waals surface area contributed by atoms with E-state index in [9.17, 15) is 19.2 Å². The number of halogens is 1. The fraction of sp³-hybridized carbons (Fsp3) is 0.500. The molecule has 1 unspecified atom stereocenters. The Morgan fingerprint density at radius 3 is 2.08 bits per heavy atom. The number of benzene rings is 2. The van der Waals surface area contributed by atoms with E-state index in [0.29, 0.717) is 32.1 Å². The number of rotatable bonds is 9. The van der Waals surface area contributed by atoms with Crippen molar-refractivity contribution in [3.05, 3.63) is 84.8 Å². The lowest BCUT2D eigenvalue weighted by Crippen LogP contribution is -2.71. The lowest BCUT2D eigenvalue weighted by atomic mass is 9.51. The van der Waals surface area contributed by atoms with E-state index >= 15 is 0 Å². The smallest absolute Gasteiger partial charge is 0.320 e. The number of ketones is 3. The van der Waals surface area contributed by atoms with Crippen LogP contribution in [0.1, 0.15) is 84.3 Å². The SMILES string of the molecule is COC(=O)[C@]12C(=O)CC[C@H](O[Si](c3ccccc3)(c3ccccc3)C(C)(C)C)[C@H]1CC(=O)C(Br)[C@@H]2CC[C@@]1(C)C(=O)CC[C@@H]1c1ccco1. The number of hydrogen-bond acceptors (Lipinski definition) is 7. The van der Waals surface area contributed by atoms with Crippen LogP contribution in [-0.2, 0) is 28.3 Å². The summed E-state index contributed by atoms with van der Waals surface area (Å²) in [6.07, 6.45) is 3.41. The normalized spacial score (nSPS) is 30.7. The summed E-state index contributed by atoms with van der Waals surface area (Å²) >= 11 is 3.68. The maximum Gasteiger partial charge on any atom is 0.320 e. The minimum absolute atomic E-state index is 0.0152. The highest BCUT2D eigenvalue weighted by molar-refractivity contribution is 9.10. The highest BCUT2D eigenvalue weighted by Crippen LogP contribution is 2.58. The van der Waals surface area contributed by atoms with Crippen molar-refractivity contribution in [3.63, 3.8) is 0 Å². The zero-order valence-electron chi connectivity index (χ0n) is 29.1. The van der Waals surface area contributed by atoms with Gasteiger partial charge < -0.3 is 13.6 Å². The average molecular weight is 748 g/mol. The van der Waals surface area contributed by atoms with Gasteiger partial charge in [0.2, 0.25) is 0 Å². The molecule has 0 N–H and O–H groups in total. The van der Waals surface area contributed by atoms with E-state index in [0.717, 1.165) is 16.1 Å². The second-order valence-electron chi connectivity index (χ2n) is 15.4. The number of methoxy groups -OCH3 is 1. The van der Waals surface area contributed by atoms with Crippen molar-refractivity contribution in [1.82, 2.24) is 0 Å². The lowest BCUT2D eigenvalue weighted by molar-refractivity contribution is -0.180. The maximum absolute atomic E-state index is 14.5.